The maximum absolute atomic E-state index is 4.78. The molecule has 4 heteroatoms. The van der Waals surface area contributed by atoms with Crippen LogP contribution in [0.25, 0.3) is 0 Å². The van der Waals surface area contributed by atoms with Crippen LogP contribution in [0.3, 0.4) is 0 Å². The van der Waals surface area contributed by atoms with Crippen molar-refractivity contribution < 1.29 is 0 Å². The second-order valence-corrected chi connectivity index (χ2v) is 6.38. The minimum Gasteiger partial charge on any atom is -0.306 e. The second kappa shape index (κ2) is 3.77. The molecule has 0 spiro atoms. The van der Waals surface area contributed by atoms with Crippen LogP contribution in [-0.2, 0) is 5.41 Å². The molecule has 1 aliphatic carbocycles. The minimum atomic E-state index is 0.232. The van der Waals surface area contributed by atoms with Crippen molar-refractivity contribution in [3.8, 4) is 0 Å². The highest BCUT2D eigenvalue weighted by Gasteiger charge is 2.36. The van der Waals surface area contributed by atoms with Crippen molar-refractivity contribution in [2.24, 2.45) is 0 Å². The van der Waals surface area contributed by atoms with Crippen molar-refractivity contribution in [2.75, 3.05) is 20.1 Å². The molecule has 2 heterocycles. The molecular formula is C12H19N3S. The molecule has 16 heavy (non-hydrogen) atoms. The highest BCUT2D eigenvalue weighted by Crippen LogP contribution is 2.42. The Morgan fingerprint density at radius 1 is 1.31 bits per heavy atom. The van der Waals surface area contributed by atoms with E-state index in [1.807, 2.05) is 0 Å². The van der Waals surface area contributed by atoms with E-state index in [0.29, 0.717) is 0 Å². The Labute approximate surface area is 101 Å². The van der Waals surface area contributed by atoms with Gasteiger partial charge in [0.1, 0.15) is 10.8 Å². The Morgan fingerprint density at radius 2 is 2.00 bits per heavy atom. The van der Waals surface area contributed by atoms with Gasteiger partial charge in [0.2, 0.25) is 0 Å². The zero-order valence-corrected chi connectivity index (χ0v) is 10.9. The van der Waals surface area contributed by atoms with Crippen LogP contribution in [0.1, 0.15) is 49.4 Å². The van der Waals surface area contributed by atoms with E-state index in [1.165, 1.54) is 43.8 Å². The number of hydrogen-bond acceptors (Lipinski definition) is 4. The standard InChI is InChI=1S/C12H19N3S/c1-12(5-7-15(2)8-6-12)11-13-10(16-14-11)9-3-4-9/h9H,3-8H2,1-2H3. The Morgan fingerprint density at radius 3 is 2.62 bits per heavy atom. The molecule has 0 radical (unpaired) electrons. The lowest BCUT2D eigenvalue weighted by atomic mass is 9.80. The van der Waals surface area contributed by atoms with Crippen LogP contribution < -0.4 is 0 Å². The summed E-state index contributed by atoms with van der Waals surface area (Å²) in [6.07, 6.45) is 5.05. The van der Waals surface area contributed by atoms with Crippen LogP contribution in [0.2, 0.25) is 0 Å². The first-order chi connectivity index (χ1) is 7.67. The van der Waals surface area contributed by atoms with E-state index in [4.69, 9.17) is 4.98 Å². The van der Waals surface area contributed by atoms with E-state index in [-0.39, 0.29) is 5.41 Å². The molecule has 1 aromatic rings. The predicted molar refractivity (Wildman–Crippen MR) is 66.0 cm³/mol. The molecule has 2 aliphatic rings. The third kappa shape index (κ3) is 1.89. The van der Waals surface area contributed by atoms with Gasteiger partial charge >= 0.3 is 0 Å². The van der Waals surface area contributed by atoms with Crippen molar-refractivity contribution in [2.45, 2.75) is 43.9 Å². The molecule has 3 rings (SSSR count). The van der Waals surface area contributed by atoms with Crippen molar-refractivity contribution in [3.05, 3.63) is 10.8 Å². The fourth-order valence-corrected chi connectivity index (χ4v) is 3.27. The third-order valence-corrected chi connectivity index (χ3v) is 4.87. The lowest BCUT2D eigenvalue weighted by molar-refractivity contribution is 0.194. The minimum absolute atomic E-state index is 0.232. The first-order valence-electron chi connectivity index (χ1n) is 6.20. The fourth-order valence-electron chi connectivity index (χ4n) is 2.31. The summed E-state index contributed by atoms with van der Waals surface area (Å²) in [4.78, 5) is 7.18. The zero-order valence-electron chi connectivity index (χ0n) is 10.1. The number of hydrogen-bond donors (Lipinski definition) is 0. The van der Waals surface area contributed by atoms with Crippen LogP contribution in [0, 0.1) is 0 Å². The molecule has 0 N–H and O–H groups in total. The smallest absolute Gasteiger partial charge is 0.148 e. The van der Waals surface area contributed by atoms with Gasteiger partial charge in [0, 0.05) is 11.3 Å². The van der Waals surface area contributed by atoms with E-state index < -0.39 is 0 Å². The first kappa shape index (κ1) is 10.7. The molecule has 1 aromatic heterocycles. The van der Waals surface area contributed by atoms with Gasteiger partial charge in [-0.1, -0.05) is 6.92 Å². The molecule has 0 aromatic carbocycles. The summed E-state index contributed by atoms with van der Waals surface area (Å²) in [5, 5.41) is 1.29. The Hall–Kier alpha value is -0.480. The molecule has 88 valence electrons. The second-order valence-electron chi connectivity index (χ2n) is 5.59. The van der Waals surface area contributed by atoms with Crippen molar-refractivity contribution >= 4 is 11.5 Å². The Bertz CT molecular complexity index is 375. The van der Waals surface area contributed by atoms with Gasteiger partial charge < -0.3 is 4.90 Å². The monoisotopic (exact) mass is 237 g/mol. The van der Waals surface area contributed by atoms with Gasteiger partial charge in [-0.3, -0.25) is 0 Å². The lowest BCUT2D eigenvalue weighted by Crippen LogP contribution is -2.39. The zero-order chi connectivity index (χ0) is 11.2. The van der Waals surface area contributed by atoms with Crippen LogP contribution in [0.4, 0.5) is 0 Å². The van der Waals surface area contributed by atoms with Gasteiger partial charge in [0.25, 0.3) is 0 Å². The van der Waals surface area contributed by atoms with E-state index in [9.17, 15) is 0 Å². The maximum Gasteiger partial charge on any atom is 0.148 e. The van der Waals surface area contributed by atoms with Crippen LogP contribution >= 0.6 is 11.5 Å². The van der Waals surface area contributed by atoms with Gasteiger partial charge in [-0.2, -0.15) is 4.37 Å². The van der Waals surface area contributed by atoms with Gasteiger partial charge in [-0.15, -0.1) is 0 Å². The third-order valence-electron chi connectivity index (χ3n) is 4.00. The molecular weight excluding hydrogens is 218 g/mol. The van der Waals surface area contributed by atoms with E-state index >= 15 is 0 Å². The average Bonchev–Trinajstić information content (AvgIpc) is 3.01. The summed E-state index contributed by atoms with van der Waals surface area (Å²) in [5.74, 6) is 1.87. The van der Waals surface area contributed by atoms with Crippen molar-refractivity contribution in [1.82, 2.24) is 14.3 Å². The van der Waals surface area contributed by atoms with Gasteiger partial charge in [-0.25, -0.2) is 4.98 Å². The van der Waals surface area contributed by atoms with Crippen LogP contribution in [0.5, 0.6) is 0 Å². The summed E-state index contributed by atoms with van der Waals surface area (Å²) in [5.41, 5.74) is 0.232. The fraction of sp³-hybridized carbons (Fsp3) is 0.833. The molecule has 0 unspecified atom stereocenters. The molecule has 3 nitrogen and oxygen atoms in total. The Kier molecular flexibility index (Phi) is 2.51. The summed E-state index contributed by atoms with van der Waals surface area (Å²) < 4.78 is 4.61. The summed E-state index contributed by atoms with van der Waals surface area (Å²) in [6, 6.07) is 0. The highest BCUT2D eigenvalue weighted by atomic mass is 32.1. The molecule has 2 fully saturated rings. The number of nitrogens with zero attached hydrogens (tertiary/aromatic N) is 3. The van der Waals surface area contributed by atoms with Gasteiger partial charge in [0.15, 0.2) is 0 Å². The Balaban J connectivity index is 1.78. The van der Waals surface area contributed by atoms with E-state index in [1.54, 1.807) is 11.5 Å². The molecule has 0 atom stereocenters. The molecule has 1 aliphatic heterocycles. The van der Waals surface area contributed by atoms with Gasteiger partial charge in [-0.05, 0) is 57.4 Å². The normalized spacial score (nSPS) is 25.9. The lowest BCUT2D eigenvalue weighted by Gasteiger charge is -2.35. The number of piperidine rings is 1. The largest absolute Gasteiger partial charge is 0.306 e. The number of likely N-dealkylation sites (tertiary alicyclic amines) is 1. The van der Waals surface area contributed by atoms with E-state index in [2.05, 4.69) is 23.2 Å². The highest BCUT2D eigenvalue weighted by molar-refractivity contribution is 7.05. The van der Waals surface area contributed by atoms with Crippen LogP contribution in [0.15, 0.2) is 0 Å². The summed E-state index contributed by atoms with van der Waals surface area (Å²) >= 11 is 1.64. The SMILES string of the molecule is CN1CCC(C)(c2nsc(C3CC3)n2)CC1. The molecule has 1 saturated heterocycles. The summed E-state index contributed by atoms with van der Waals surface area (Å²) in [6.45, 7) is 4.68. The quantitative estimate of drug-likeness (QED) is 0.791. The predicted octanol–water partition coefficient (Wildman–Crippen LogP) is 2.40. The molecule has 1 saturated carbocycles. The number of aromatic nitrogens is 2. The van der Waals surface area contributed by atoms with Crippen molar-refractivity contribution in [3.63, 3.8) is 0 Å². The average molecular weight is 237 g/mol. The van der Waals surface area contributed by atoms with Crippen LogP contribution in [-0.4, -0.2) is 34.4 Å². The maximum atomic E-state index is 4.78. The van der Waals surface area contributed by atoms with Crippen molar-refractivity contribution in [1.29, 1.82) is 0 Å². The molecule has 0 bridgehead atoms. The van der Waals surface area contributed by atoms with Gasteiger partial charge in [0.05, 0.1) is 0 Å². The molecule has 0 amide bonds. The van der Waals surface area contributed by atoms with E-state index in [0.717, 1.165) is 11.7 Å². The topological polar surface area (TPSA) is 29.0 Å². The number of rotatable bonds is 2. The first-order valence-corrected chi connectivity index (χ1v) is 6.97. The summed E-state index contributed by atoms with van der Waals surface area (Å²) in [7, 11) is 2.20.